The van der Waals surface area contributed by atoms with E-state index in [0.717, 1.165) is 11.5 Å². The Labute approximate surface area is 90.5 Å². The molecule has 0 aliphatic heterocycles. The summed E-state index contributed by atoms with van der Waals surface area (Å²) in [5, 5.41) is 0. The molecule has 2 nitrogen and oxygen atoms in total. The van der Waals surface area contributed by atoms with E-state index in [0.29, 0.717) is 5.92 Å². The fourth-order valence-corrected chi connectivity index (χ4v) is 1.99. The predicted molar refractivity (Wildman–Crippen MR) is 60.7 cm³/mol. The van der Waals surface area contributed by atoms with Gasteiger partial charge in [-0.15, -0.1) is 0 Å². The van der Waals surface area contributed by atoms with Gasteiger partial charge in [0.05, 0.1) is 14.2 Å². The molecule has 0 amide bonds. The minimum absolute atomic E-state index is 0.546. The number of benzene rings is 1. The Kier molecular flexibility index (Phi) is 2.95. The van der Waals surface area contributed by atoms with Crippen LogP contribution in [0.2, 0.25) is 0 Å². The van der Waals surface area contributed by atoms with Gasteiger partial charge in [-0.2, -0.15) is 0 Å². The summed E-state index contributed by atoms with van der Waals surface area (Å²) in [6, 6.07) is 6.15. The largest absolute Gasteiger partial charge is 0.493 e. The standard InChI is InChI=1S/C13H16O2/c1-14-12-8-7-11(9-13(12)15-2)10-5-3-4-6-10/h3,5,7-10H,4,6H2,1-2H3. The zero-order chi connectivity index (χ0) is 10.7. The van der Waals surface area contributed by atoms with Crippen molar-refractivity contribution in [1.29, 1.82) is 0 Å². The van der Waals surface area contributed by atoms with Gasteiger partial charge in [0, 0.05) is 5.92 Å². The van der Waals surface area contributed by atoms with Crippen molar-refractivity contribution < 1.29 is 9.47 Å². The van der Waals surface area contributed by atoms with Crippen molar-refractivity contribution in [3.63, 3.8) is 0 Å². The third kappa shape index (κ3) is 1.99. The van der Waals surface area contributed by atoms with Crippen molar-refractivity contribution in [3.8, 4) is 11.5 Å². The van der Waals surface area contributed by atoms with Gasteiger partial charge in [0.2, 0.25) is 0 Å². The van der Waals surface area contributed by atoms with Crippen LogP contribution >= 0.6 is 0 Å². The quantitative estimate of drug-likeness (QED) is 0.704. The van der Waals surface area contributed by atoms with E-state index in [2.05, 4.69) is 24.3 Å². The Bertz CT molecular complexity index is 369. The van der Waals surface area contributed by atoms with Crippen LogP contribution in [0.1, 0.15) is 24.3 Å². The zero-order valence-corrected chi connectivity index (χ0v) is 9.19. The molecule has 0 bridgehead atoms. The molecule has 2 heteroatoms. The molecule has 1 atom stereocenters. The van der Waals surface area contributed by atoms with Crippen LogP contribution in [0.25, 0.3) is 0 Å². The summed E-state index contributed by atoms with van der Waals surface area (Å²) in [5.74, 6) is 2.16. The SMILES string of the molecule is COc1ccc(C2C=CCC2)cc1OC. The molecule has 0 heterocycles. The lowest BCUT2D eigenvalue weighted by Crippen LogP contribution is -1.95. The molecule has 1 aromatic rings. The van der Waals surface area contributed by atoms with E-state index < -0.39 is 0 Å². The molecular weight excluding hydrogens is 188 g/mol. The summed E-state index contributed by atoms with van der Waals surface area (Å²) in [7, 11) is 3.33. The molecule has 0 saturated heterocycles. The van der Waals surface area contributed by atoms with Gasteiger partial charge in [-0.05, 0) is 30.5 Å². The number of methoxy groups -OCH3 is 2. The molecule has 80 valence electrons. The molecule has 0 fully saturated rings. The molecule has 2 rings (SSSR count). The van der Waals surface area contributed by atoms with Gasteiger partial charge in [-0.25, -0.2) is 0 Å². The van der Waals surface area contributed by atoms with E-state index in [1.54, 1.807) is 14.2 Å². The van der Waals surface area contributed by atoms with Crippen LogP contribution < -0.4 is 9.47 Å². The molecule has 0 saturated carbocycles. The second-order valence-electron chi connectivity index (χ2n) is 3.73. The third-order valence-corrected chi connectivity index (χ3v) is 2.85. The maximum Gasteiger partial charge on any atom is 0.161 e. The summed E-state index contributed by atoms with van der Waals surface area (Å²) in [5.41, 5.74) is 1.31. The third-order valence-electron chi connectivity index (χ3n) is 2.85. The minimum atomic E-state index is 0.546. The van der Waals surface area contributed by atoms with Crippen molar-refractivity contribution in [1.82, 2.24) is 0 Å². The van der Waals surface area contributed by atoms with Crippen LogP contribution in [0.4, 0.5) is 0 Å². The van der Waals surface area contributed by atoms with Gasteiger partial charge in [-0.1, -0.05) is 18.2 Å². The monoisotopic (exact) mass is 204 g/mol. The summed E-state index contributed by atoms with van der Waals surface area (Å²) in [6.45, 7) is 0. The second-order valence-corrected chi connectivity index (χ2v) is 3.73. The first-order chi connectivity index (χ1) is 7.35. The van der Waals surface area contributed by atoms with Crippen molar-refractivity contribution in [3.05, 3.63) is 35.9 Å². The summed E-state index contributed by atoms with van der Waals surface area (Å²) in [6.07, 6.45) is 6.89. The highest BCUT2D eigenvalue weighted by atomic mass is 16.5. The predicted octanol–water partition coefficient (Wildman–Crippen LogP) is 3.14. The maximum absolute atomic E-state index is 5.29. The lowest BCUT2D eigenvalue weighted by atomic mass is 9.98. The Morgan fingerprint density at radius 3 is 2.53 bits per heavy atom. The number of hydrogen-bond acceptors (Lipinski definition) is 2. The number of rotatable bonds is 3. The van der Waals surface area contributed by atoms with Crippen LogP contribution in [0.5, 0.6) is 11.5 Å². The Morgan fingerprint density at radius 1 is 1.13 bits per heavy atom. The first-order valence-corrected chi connectivity index (χ1v) is 5.23. The summed E-state index contributed by atoms with van der Waals surface area (Å²) < 4.78 is 10.5. The zero-order valence-electron chi connectivity index (χ0n) is 9.19. The Morgan fingerprint density at radius 2 is 1.93 bits per heavy atom. The van der Waals surface area contributed by atoms with Gasteiger partial charge in [-0.3, -0.25) is 0 Å². The normalized spacial score (nSPS) is 19.2. The van der Waals surface area contributed by atoms with Crippen LogP contribution in [0.3, 0.4) is 0 Å². The Hall–Kier alpha value is -1.44. The molecule has 1 aromatic carbocycles. The lowest BCUT2D eigenvalue weighted by Gasteiger charge is -2.12. The first-order valence-electron chi connectivity index (χ1n) is 5.23. The lowest BCUT2D eigenvalue weighted by molar-refractivity contribution is 0.354. The summed E-state index contributed by atoms with van der Waals surface area (Å²) in [4.78, 5) is 0. The molecule has 0 radical (unpaired) electrons. The summed E-state index contributed by atoms with van der Waals surface area (Å²) >= 11 is 0. The van der Waals surface area contributed by atoms with Gasteiger partial charge >= 0.3 is 0 Å². The average molecular weight is 204 g/mol. The van der Waals surface area contributed by atoms with E-state index in [-0.39, 0.29) is 0 Å². The number of hydrogen-bond donors (Lipinski definition) is 0. The molecule has 15 heavy (non-hydrogen) atoms. The molecule has 0 spiro atoms. The molecule has 0 aromatic heterocycles. The van der Waals surface area contributed by atoms with Crippen molar-refractivity contribution in [2.75, 3.05) is 14.2 Å². The van der Waals surface area contributed by atoms with E-state index >= 15 is 0 Å². The number of allylic oxidation sites excluding steroid dienone is 2. The molecule has 1 unspecified atom stereocenters. The van der Waals surface area contributed by atoms with Gasteiger partial charge in [0.25, 0.3) is 0 Å². The minimum Gasteiger partial charge on any atom is -0.493 e. The average Bonchev–Trinajstić information content (AvgIpc) is 2.81. The second kappa shape index (κ2) is 4.39. The fraction of sp³-hybridized carbons (Fsp3) is 0.385. The van der Waals surface area contributed by atoms with Crippen LogP contribution in [0, 0.1) is 0 Å². The van der Waals surface area contributed by atoms with Crippen molar-refractivity contribution in [2.24, 2.45) is 0 Å². The van der Waals surface area contributed by atoms with Gasteiger partial charge < -0.3 is 9.47 Å². The highest BCUT2D eigenvalue weighted by Crippen LogP contribution is 2.34. The van der Waals surface area contributed by atoms with Crippen molar-refractivity contribution in [2.45, 2.75) is 18.8 Å². The fourth-order valence-electron chi connectivity index (χ4n) is 1.99. The number of ether oxygens (including phenoxy) is 2. The van der Waals surface area contributed by atoms with E-state index in [9.17, 15) is 0 Å². The highest BCUT2D eigenvalue weighted by molar-refractivity contribution is 5.45. The molecular formula is C13H16O2. The molecule has 1 aliphatic rings. The van der Waals surface area contributed by atoms with E-state index in [4.69, 9.17) is 9.47 Å². The van der Waals surface area contributed by atoms with Gasteiger partial charge in [0.15, 0.2) is 11.5 Å². The van der Waals surface area contributed by atoms with Gasteiger partial charge in [0.1, 0.15) is 0 Å². The van der Waals surface area contributed by atoms with Crippen molar-refractivity contribution >= 4 is 0 Å². The topological polar surface area (TPSA) is 18.5 Å². The van der Waals surface area contributed by atoms with Crippen LogP contribution in [-0.4, -0.2) is 14.2 Å². The first kappa shape index (κ1) is 10.1. The van der Waals surface area contributed by atoms with E-state index in [1.807, 2.05) is 6.07 Å². The maximum atomic E-state index is 5.29. The van der Waals surface area contributed by atoms with Crippen LogP contribution in [-0.2, 0) is 0 Å². The highest BCUT2D eigenvalue weighted by Gasteiger charge is 2.14. The Balaban J connectivity index is 2.29. The van der Waals surface area contributed by atoms with Crippen LogP contribution in [0.15, 0.2) is 30.4 Å². The molecule has 0 N–H and O–H groups in total. The molecule has 1 aliphatic carbocycles. The van der Waals surface area contributed by atoms with E-state index in [1.165, 1.54) is 18.4 Å². The smallest absolute Gasteiger partial charge is 0.161 e.